The summed E-state index contributed by atoms with van der Waals surface area (Å²) >= 11 is 0. The molecule has 0 aromatic carbocycles. The molecular weight excluding hydrogens is 204 g/mol. The predicted octanol–water partition coefficient (Wildman–Crippen LogP) is 0.748. The number of amides is 1. The van der Waals surface area contributed by atoms with Gasteiger partial charge in [-0.3, -0.25) is 4.79 Å². The van der Waals surface area contributed by atoms with Crippen LogP contribution in [-0.4, -0.2) is 48.2 Å². The van der Waals surface area contributed by atoms with Gasteiger partial charge in [0, 0.05) is 26.1 Å². The van der Waals surface area contributed by atoms with E-state index >= 15 is 0 Å². The van der Waals surface area contributed by atoms with Gasteiger partial charge in [-0.15, -0.1) is 0 Å². The number of carbonyl (C=O) groups is 1. The molecule has 2 atom stereocenters. The highest BCUT2D eigenvalue weighted by Gasteiger charge is 2.18. The zero-order chi connectivity index (χ0) is 12.0. The third-order valence-corrected chi connectivity index (χ3v) is 3.14. The Labute approximate surface area is 98.0 Å². The quantitative estimate of drug-likeness (QED) is 0.730. The van der Waals surface area contributed by atoms with Crippen molar-refractivity contribution >= 4 is 5.91 Å². The van der Waals surface area contributed by atoms with Crippen molar-refractivity contribution in [2.75, 3.05) is 20.1 Å². The van der Waals surface area contributed by atoms with E-state index in [-0.39, 0.29) is 12.0 Å². The van der Waals surface area contributed by atoms with Crippen molar-refractivity contribution < 1.29 is 9.90 Å². The van der Waals surface area contributed by atoms with Gasteiger partial charge in [0.1, 0.15) is 0 Å². The van der Waals surface area contributed by atoms with Crippen LogP contribution in [0.5, 0.6) is 0 Å². The molecular formula is C12H24N2O2. The molecule has 2 N–H and O–H groups in total. The molecule has 1 fully saturated rings. The normalized spacial score (nSPS) is 22.8. The second kappa shape index (κ2) is 6.86. The molecule has 0 aliphatic carbocycles. The Hall–Kier alpha value is -0.610. The number of aliphatic hydroxyl groups excluding tert-OH is 1. The number of carbonyl (C=O) groups excluding carboxylic acids is 1. The topological polar surface area (TPSA) is 52.6 Å². The van der Waals surface area contributed by atoms with Crippen LogP contribution in [0.25, 0.3) is 0 Å². The van der Waals surface area contributed by atoms with E-state index in [4.69, 9.17) is 5.11 Å². The summed E-state index contributed by atoms with van der Waals surface area (Å²) in [5.41, 5.74) is 0. The Morgan fingerprint density at radius 2 is 2.31 bits per heavy atom. The standard InChI is InChI=1S/C12H24N2O2/c1-10(15)6-8-14(2)12(16)9-11-5-3-4-7-13-11/h10-11,13,15H,3-9H2,1-2H3. The summed E-state index contributed by atoms with van der Waals surface area (Å²) in [5, 5.41) is 12.5. The lowest BCUT2D eigenvalue weighted by atomic mass is 10.0. The molecule has 16 heavy (non-hydrogen) atoms. The molecule has 1 heterocycles. The number of hydrogen-bond donors (Lipinski definition) is 2. The van der Waals surface area contributed by atoms with E-state index in [2.05, 4.69) is 5.32 Å². The first kappa shape index (κ1) is 13.5. The molecule has 0 spiro atoms. The molecule has 4 nitrogen and oxygen atoms in total. The zero-order valence-corrected chi connectivity index (χ0v) is 10.4. The number of nitrogens with one attached hydrogen (secondary N) is 1. The first-order valence-electron chi connectivity index (χ1n) is 6.25. The molecule has 0 radical (unpaired) electrons. The first-order chi connectivity index (χ1) is 7.59. The van der Waals surface area contributed by atoms with E-state index in [1.807, 2.05) is 7.05 Å². The van der Waals surface area contributed by atoms with Gasteiger partial charge in [-0.25, -0.2) is 0 Å². The Bertz CT molecular complexity index is 213. The molecule has 94 valence electrons. The summed E-state index contributed by atoms with van der Waals surface area (Å²) in [5.74, 6) is 0.181. The van der Waals surface area contributed by atoms with Gasteiger partial charge in [0.15, 0.2) is 0 Å². The summed E-state index contributed by atoms with van der Waals surface area (Å²) in [7, 11) is 1.81. The maximum Gasteiger partial charge on any atom is 0.223 e. The third-order valence-electron chi connectivity index (χ3n) is 3.14. The van der Waals surface area contributed by atoms with E-state index < -0.39 is 0 Å². The Morgan fingerprint density at radius 3 is 2.88 bits per heavy atom. The lowest BCUT2D eigenvalue weighted by Gasteiger charge is -2.25. The fourth-order valence-corrected chi connectivity index (χ4v) is 1.97. The molecule has 0 bridgehead atoms. The minimum atomic E-state index is -0.331. The summed E-state index contributed by atoms with van der Waals surface area (Å²) in [4.78, 5) is 13.6. The van der Waals surface area contributed by atoms with E-state index in [0.717, 1.165) is 13.0 Å². The van der Waals surface area contributed by atoms with Crippen molar-refractivity contribution in [2.45, 2.75) is 51.2 Å². The van der Waals surface area contributed by atoms with Gasteiger partial charge in [-0.05, 0) is 32.7 Å². The SMILES string of the molecule is CC(O)CCN(C)C(=O)CC1CCCCN1. The molecule has 0 aromatic heterocycles. The first-order valence-corrected chi connectivity index (χ1v) is 6.25. The van der Waals surface area contributed by atoms with Gasteiger partial charge >= 0.3 is 0 Å². The third kappa shape index (κ3) is 4.94. The molecule has 1 saturated heterocycles. The number of hydrogen-bond acceptors (Lipinski definition) is 3. The van der Waals surface area contributed by atoms with Gasteiger partial charge in [0.25, 0.3) is 0 Å². The molecule has 1 rings (SSSR count). The van der Waals surface area contributed by atoms with Gasteiger partial charge in [-0.1, -0.05) is 6.42 Å². The molecule has 1 aliphatic heterocycles. The number of piperidine rings is 1. The van der Waals surface area contributed by atoms with Crippen molar-refractivity contribution in [3.63, 3.8) is 0 Å². The van der Waals surface area contributed by atoms with E-state index in [1.165, 1.54) is 12.8 Å². The van der Waals surface area contributed by atoms with E-state index in [0.29, 0.717) is 25.4 Å². The Kier molecular flexibility index (Phi) is 5.77. The number of rotatable bonds is 5. The van der Waals surface area contributed by atoms with Crippen molar-refractivity contribution in [3.05, 3.63) is 0 Å². The highest BCUT2D eigenvalue weighted by molar-refractivity contribution is 5.76. The average molecular weight is 228 g/mol. The van der Waals surface area contributed by atoms with Crippen LogP contribution in [0.4, 0.5) is 0 Å². The molecule has 1 amide bonds. The predicted molar refractivity (Wildman–Crippen MR) is 64.2 cm³/mol. The summed E-state index contributed by atoms with van der Waals surface area (Å²) in [6, 6.07) is 0.357. The van der Waals surface area contributed by atoms with Crippen LogP contribution in [0.15, 0.2) is 0 Å². The monoisotopic (exact) mass is 228 g/mol. The highest BCUT2D eigenvalue weighted by Crippen LogP contribution is 2.11. The molecule has 4 heteroatoms. The van der Waals surface area contributed by atoms with Crippen molar-refractivity contribution in [1.82, 2.24) is 10.2 Å². The number of aliphatic hydroxyl groups is 1. The largest absolute Gasteiger partial charge is 0.393 e. The second-order valence-electron chi connectivity index (χ2n) is 4.80. The fraction of sp³-hybridized carbons (Fsp3) is 0.917. The summed E-state index contributed by atoms with van der Waals surface area (Å²) in [6.07, 6.45) is 4.47. The van der Waals surface area contributed by atoms with Crippen LogP contribution in [0.2, 0.25) is 0 Å². The van der Waals surface area contributed by atoms with Crippen molar-refractivity contribution in [3.8, 4) is 0 Å². The smallest absolute Gasteiger partial charge is 0.223 e. The van der Waals surface area contributed by atoms with Crippen LogP contribution < -0.4 is 5.32 Å². The van der Waals surface area contributed by atoms with Crippen LogP contribution in [-0.2, 0) is 4.79 Å². The lowest BCUT2D eigenvalue weighted by molar-refractivity contribution is -0.130. The summed E-state index contributed by atoms with van der Waals surface area (Å²) < 4.78 is 0. The Balaban J connectivity index is 2.22. The van der Waals surface area contributed by atoms with Gasteiger partial charge in [0.05, 0.1) is 6.10 Å². The maximum atomic E-state index is 11.8. The van der Waals surface area contributed by atoms with Gasteiger partial charge in [-0.2, -0.15) is 0 Å². The van der Waals surface area contributed by atoms with Gasteiger partial charge < -0.3 is 15.3 Å². The lowest BCUT2D eigenvalue weighted by Crippen LogP contribution is -2.39. The minimum absolute atomic E-state index is 0.181. The highest BCUT2D eigenvalue weighted by atomic mass is 16.3. The maximum absolute atomic E-state index is 11.8. The van der Waals surface area contributed by atoms with E-state index in [1.54, 1.807) is 11.8 Å². The number of nitrogens with zero attached hydrogens (tertiary/aromatic N) is 1. The van der Waals surface area contributed by atoms with Crippen molar-refractivity contribution in [1.29, 1.82) is 0 Å². The minimum Gasteiger partial charge on any atom is -0.393 e. The van der Waals surface area contributed by atoms with Crippen LogP contribution in [0.1, 0.15) is 39.0 Å². The Morgan fingerprint density at radius 1 is 1.56 bits per heavy atom. The molecule has 2 unspecified atom stereocenters. The van der Waals surface area contributed by atoms with Crippen LogP contribution in [0, 0.1) is 0 Å². The van der Waals surface area contributed by atoms with Crippen LogP contribution >= 0.6 is 0 Å². The average Bonchev–Trinajstić information content (AvgIpc) is 2.27. The summed E-state index contributed by atoms with van der Waals surface area (Å²) in [6.45, 7) is 3.43. The van der Waals surface area contributed by atoms with Crippen molar-refractivity contribution in [2.24, 2.45) is 0 Å². The molecule has 0 saturated carbocycles. The van der Waals surface area contributed by atoms with Gasteiger partial charge in [0.2, 0.25) is 5.91 Å². The fourth-order valence-electron chi connectivity index (χ4n) is 1.97. The van der Waals surface area contributed by atoms with E-state index in [9.17, 15) is 4.79 Å². The second-order valence-corrected chi connectivity index (χ2v) is 4.80. The zero-order valence-electron chi connectivity index (χ0n) is 10.4. The molecule has 1 aliphatic rings. The van der Waals surface area contributed by atoms with Crippen LogP contribution in [0.3, 0.4) is 0 Å². The molecule has 0 aromatic rings.